The van der Waals surface area contributed by atoms with Gasteiger partial charge in [0.15, 0.2) is 0 Å². The highest BCUT2D eigenvalue weighted by Crippen LogP contribution is 2.33. The van der Waals surface area contributed by atoms with E-state index in [1.165, 1.54) is 35.8 Å². The van der Waals surface area contributed by atoms with Crippen molar-refractivity contribution in [1.82, 2.24) is 4.98 Å². The number of para-hydroxylation sites is 1. The Labute approximate surface area is 318 Å². The molecule has 0 bridgehead atoms. The van der Waals surface area contributed by atoms with Crippen molar-refractivity contribution in [1.29, 1.82) is 5.26 Å². The third kappa shape index (κ3) is 11.4. The van der Waals surface area contributed by atoms with Gasteiger partial charge >= 0.3 is 17.9 Å². The highest BCUT2D eigenvalue weighted by atomic mass is 32.1. The summed E-state index contributed by atoms with van der Waals surface area (Å²) in [5, 5.41) is 26.8. The van der Waals surface area contributed by atoms with Crippen LogP contribution in [0.15, 0.2) is 84.5 Å². The summed E-state index contributed by atoms with van der Waals surface area (Å²) in [5.41, 5.74) is 1.16. The van der Waals surface area contributed by atoms with Crippen LogP contribution in [0.5, 0.6) is 23.0 Å². The molecule has 0 radical (unpaired) electrons. The third-order valence-electron chi connectivity index (χ3n) is 8.98. The number of thiazole rings is 1. The lowest BCUT2D eigenvalue weighted by Gasteiger charge is -2.25. The molecule has 1 aliphatic rings. The summed E-state index contributed by atoms with van der Waals surface area (Å²) in [5.74, 6) is -0.538. The van der Waals surface area contributed by atoms with E-state index in [0.29, 0.717) is 61.1 Å². The van der Waals surface area contributed by atoms with Crippen LogP contribution in [0.25, 0.3) is 10.2 Å². The zero-order chi connectivity index (χ0) is 38.3. The van der Waals surface area contributed by atoms with Crippen LogP contribution >= 0.6 is 11.3 Å². The van der Waals surface area contributed by atoms with Gasteiger partial charge in [-0.25, -0.2) is 14.8 Å². The number of anilines is 1. The molecule has 282 valence electrons. The Balaban J connectivity index is 1.06. The van der Waals surface area contributed by atoms with Crippen LogP contribution in [0, 0.1) is 23.2 Å². The summed E-state index contributed by atoms with van der Waals surface area (Å²) >= 11 is 1.45. The standard InChI is InChI=1S/C41H44N4O8S/c1-3-38(47)51-25-9-5-4-8-24-50-32-16-18-33(19-17-32)52-39(48)29-12-14-30(15-13-29)40(49)53-34-20-21-36(46)31(26-34)27-43-45(28(2)22-23-42)41-44-35-10-6-7-11-37(35)54-41/h3,6-7,10-11,16-21,26-30,46H,1,4-5,8-9,12-15,22,24-25H2,2H3/b43-27+. The minimum atomic E-state index is -0.405. The number of carbonyl (C=O) groups is 3. The van der Waals surface area contributed by atoms with Crippen molar-refractivity contribution in [2.45, 2.75) is 70.8 Å². The predicted octanol–water partition coefficient (Wildman–Crippen LogP) is 8.13. The van der Waals surface area contributed by atoms with Crippen molar-refractivity contribution in [2.75, 3.05) is 18.2 Å². The molecule has 0 amide bonds. The second-order valence-electron chi connectivity index (χ2n) is 13.0. The molecule has 0 aliphatic heterocycles. The molecule has 12 nitrogen and oxygen atoms in total. The van der Waals surface area contributed by atoms with Crippen molar-refractivity contribution in [3.63, 3.8) is 0 Å². The lowest BCUT2D eigenvalue weighted by molar-refractivity contribution is -0.145. The first-order valence-corrected chi connectivity index (χ1v) is 18.9. The fourth-order valence-corrected chi connectivity index (χ4v) is 6.93. The number of rotatable bonds is 18. The van der Waals surface area contributed by atoms with Crippen molar-refractivity contribution >= 4 is 50.8 Å². The summed E-state index contributed by atoms with van der Waals surface area (Å²) in [7, 11) is 0. The van der Waals surface area contributed by atoms with Crippen molar-refractivity contribution in [2.24, 2.45) is 16.9 Å². The molecule has 0 spiro atoms. The number of nitrogens with zero attached hydrogens (tertiary/aromatic N) is 4. The van der Waals surface area contributed by atoms with Gasteiger partial charge in [-0.2, -0.15) is 10.4 Å². The number of phenolic OH excluding ortho intramolecular Hbond substituents is 1. The van der Waals surface area contributed by atoms with Crippen LogP contribution in [0.4, 0.5) is 5.13 Å². The van der Waals surface area contributed by atoms with E-state index >= 15 is 0 Å². The molecule has 1 heterocycles. The number of esters is 3. The maximum absolute atomic E-state index is 13.1. The van der Waals surface area contributed by atoms with E-state index in [-0.39, 0.29) is 41.8 Å². The van der Waals surface area contributed by atoms with E-state index in [1.54, 1.807) is 29.3 Å². The van der Waals surface area contributed by atoms with E-state index in [9.17, 15) is 24.8 Å². The number of benzene rings is 3. The van der Waals surface area contributed by atoms with Crippen molar-refractivity contribution in [3.8, 4) is 29.1 Å². The van der Waals surface area contributed by atoms with E-state index < -0.39 is 11.9 Å². The van der Waals surface area contributed by atoms with E-state index in [1.807, 2.05) is 31.2 Å². The highest BCUT2D eigenvalue weighted by Gasteiger charge is 2.32. The number of aromatic hydroxyl groups is 1. The number of carbonyl (C=O) groups excluding carboxylic acids is 3. The van der Waals surface area contributed by atoms with Gasteiger partial charge in [0.25, 0.3) is 0 Å². The first kappa shape index (κ1) is 39.5. The SMILES string of the molecule is C=CC(=O)OCCCCCCOc1ccc(OC(=O)C2CCC(C(=O)Oc3ccc(O)c(/C=N/N(c4nc5ccccc5s4)C(C)CC#N)c3)CC2)cc1. The Morgan fingerprint density at radius 2 is 1.57 bits per heavy atom. The minimum absolute atomic E-state index is 0.0501. The molecule has 54 heavy (non-hydrogen) atoms. The molecule has 5 rings (SSSR count). The smallest absolute Gasteiger partial charge is 0.330 e. The zero-order valence-corrected chi connectivity index (χ0v) is 31.0. The van der Waals surface area contributed by atoms with E-state index in [0.717, 1.165) is 42.0 Å². The molecular weight excluding hydrogens is 709 g/mol. The summed E-state index contributed by atoms with van der Waals surface area (Å²) in [6.45, 7) is 6.18. The zero-order valence-electron chi connectivity index (χ0n) is 30.2. The molecule has 0 saturated heterocycles. The van der Waals surface area contributed by atoms with E-state index in [4.69, 9.17) is 18.9 Å². The Bertz CT molecular complexity index is 1930. The number of nitriles is 1. The van der Waals surface area contributed by atoms with Gasteiger partial charge in [-0.15, -0.1) is 0 Å². The second-order valence-corrected chi connectivity index (χ2v) is 14.0. The van der Waals surface area contributed by atoms with Gasteiger partial charge in [0.2, 0.25) is 5.13 Å². The number of hydrazone groups is 1. The molecular formula is C41H44N4O8S. The minimum Gasteiger partial charge on any atom is -0.507 e. The van der Waals surface area contributed by atoms with Gasteiger partial charge in [-0.05, 0) is 113 Å². The normalized spacial score (nSPS) is 15.9. The van der Waals surface area contributed by atoms with E-state index in [2.05, 4.69) is 22.7 Å². The topological polar surface area (TPSA) is 161 Å². The Kier molecular flexibility index (Phi) is 14.6. The van der Waals surface area contributed by atoms with Crippen molar-refractivity contribution in [3.05, 3.63) is 84.9 Å². The van der Waals surface area contributed by atoms with Crippen LogP contribution in [0.3, 0.4) is 0 Å². The van der Waals surface area contributed by atoms with Crippen LogP contribution in [-0.4, -0.2) is 53.5 Å². The number of aromatic nitrogens is 1. The number of phenols is 1. The van der Waals surface area contributed by atoms with Crippen LogP contribution in [0.2, 0.25) is 0 Å². The molecule has 1 N–H and O–H groups in total. The second kappa shape index (κ2) is 19.9. The molecule has 3 aromatic carbocycles. The molecule has 1 fully saturated rings. The van der Waals surface area contributed by atoms with Gasteiger partial charge in [-0.3, -0.25) is 9.59 Å². The van der Waals surface area contributed by atoms with Crippen LogP contribution in [0.1, 0.15) is 70.3 Å². The summed E-state index contributed by atoms with van der Waals surface area (Å²) in [6.07, 6.45) is 8.31. The number of hydrogen-bond donors (Lipinski definition) is 1. The summed E-state index contributed by atoms with van der Waals surface area (Å²) < 4.78 is 23.1. The van der Waals surface area contributed by atoms with Crippen LogP contribution in [-0.2, 0) is 19.1 Å². The predicted molar refractivity (Wildman–Crippen MR) is 206 cm³/mol. The summed E-state index contributed by atoms with van der Waals surface area (Å²) in [4.78, 5) is 41.8. The summed E-state index contributed by atoms with van der Waals surface area (Å²) in [6, 6.07) is 21.0. The molecule has 1 saturated carbocycles. The quantitative estimate of drug-likeness (QED) is 0.0261. The number of ether oxygens (including phenoxy) is 4. The maximum atomic E-state index is 13.1. The monoisotopic (exact) mass is 752 g/mol. The molecule has 1 aliphatic carbocycles. The largest absolute Gasteiger partial charge is 0.507 e. The average molecular weight is 753 g/mol. The first-order valence-electron chi connectivity index (χ1n) is 18.1. The fraction of sp³-hybridized carbons (Fsp3) is 0.366. The Hall–Kier alpha value is -5.74. The Morgan fingerprint density at radius 3 is 2.24 bits per heavy atom. The number of hydrogen-bond acceptors (Lipinski definition) is 13. The number of unbranched alkanes of at least 4 members (excludes halogenated alkanes) is 3. The molecule has 1 unspecified atom stereocenters. The lowest BCUT2D eigenvalue weighted by Crippen LogP contribution is -2.30. The van der Waals surface area contributed by atoms with Gasteiger partial charge in [0.1, 0.15) is 23.0 Å². The third-order valence-corrected chi connectivity index (χ3v) is 10.0. The molecule has 13 heteroatoms. The lowest BCUT2D eigenvalue weighted by atomic mass is 9.82. The fourth-order valence-electron chi connectivity index (χ4n) is 5.90. The molecule has 1 aromatic heterocycles. The maximum Gasteiger partial charge on any atom is 0.330 e. The van der Waals surface area contributed by atoms with Crippen molar-refractivity contribution < 1.29 is 38.4 Å². The van der Waals surface area contributed by atoms with Gasteiger partial charge in [0.05, 0.1) is 60.0 Å². The van der Waals surface area contributed by atoms with Crippen LogP contribution < -0.4 is 19.2 Å². The Morgan fingerprint density at radius 1 is 0.944 bits per heavy atom. The van der Waals surface area contributed by atoms with Gasteiger partial charge < -0.3 is 24.1 Å². The molecule has 1 atom stereocenters. The molecule has 4 aromatic rings. The first-order chi connectivity index (χ1) is 26.2. The number of fused-ring (bicyclic) bond motifs is 1. The average Bonchev–Trinajstić information content (AvgIpc) is 3.61. The highest BCUT2D eigenvalue weighted by molar-refractivity contribution is 7.22. The van der Waals surface area contributed by atoms with Gasteiger partial charge in [0, 0.05) is 11.6 Å². The van der Waals surface area contributed by atoms with Gasteiger partial charge in [-0.1, -0.05) is 30.0 Å².